The number of halogens is 4. The van der Waals surface area contributed by atoms with Crippen LogP contribution in [0.5, 0.6) is 0 Å². The van der Waals surface area contributed by atoms with E-state index in [4.69, 9.17) is 55.9 Å². The van der Waals surface area contributed by atoms with Crippen LogP contribution in [-0.2, 0) is 48.7 Å². The van der Waals surface area contributed by atoms with Crippen molar-refractivity contribution in [3.05, 3.63) is 139 Å². The zero-order chi connectivity index (χ0) is 55.2. The molecular weight excluding hydrogens is 1100 g/mol. The lowest BCUT2D eigenvalue weighted by Crippen LogP contribution is -2.57. The second-order valence-electron chi connectivity index (χ2n) is 19.8. The van der Waals surface area contributed by atoms with E-state index in [-0.39, 0.29) is 23.6 Å². The van der Waals surface area contributed by atoms with Crippen molar-refractivity contribution in [3.8, 4) is 0 Å². The minimum Gasteiger partial charge on any atom is -0.481 e. The quantitative estimate of drug-likeness (QED) is 0.0954. The summed E-state index contributed by atoms with van der Waals surface area (Å²) in [5, 5.41) is 21.0. The van der Waals surface area contributed by atoms with Crippen LogP contribution in [0, 0.1) is 0 Å². The lowest BCUT2D eigenvalue weighted by molar-refractivity contribution is -0.182. The Labute approximate surface area is 465 Å². The molecule has 4 heterocycles. The molecule has 4 fully saturated rings. The predicted molar refractivity (Wildman–Crippen MR) is 291 cm³/mol. The summed E-state index contributed by atoms with van der Waals surface area (Å²) in [5.74, 6) is -4.03. The third-order valence-electron chi connectivity index (χ3n) is 14.6. The van der Waals surface area contributed by atoms with Gasteiger partial charge in [0.25, 0.3) is 11.8 Å². The molecule has 0 bridgehead atoms. The Balaban J connectivity index is 0.000000221. The first-order chi connectivity index (χ1) is 36.0. The SMILES string of the molecule is CC[C@@H](CS(=O)(=O)N1CCC[C@H]1C)N1C(=O)[C@@H](CC(=O)O)O[C@H](c2cccc(Cl)c2)[C@H]1c1ccc(Cl)cc1.CC[C@@H](CS(=O)(=O)N1CCC[C@H]1C)N1C(=O)[C@H](CC(=O)O)O[C@H](c2cccc(Cl)c2)[C@H]1c1ccc(Cl)cc1. The number of benzene rings is 4. The van der Waals surface area contributed by atoms with Crippen molar-refractivity contribution >= 4 is 90.2 Å². The number of rotatable bonds is 18. The molecule has 16 nitrogen and oxygen atoms in total. The standard InChI is InChI=1S/2C27H32Cl2N2O6S/c2*1-3-22(16-38(35,36)30-13-5-6-17(30)2)31-25(18-9-11-20(28)12-10-18)26(19-7-4-8-21(29)14-19)37-23(27(31)34)15-24(32)33/h2*4,7-12,14,17,22-23,25-26H,3,5-6,13,15-16H2,1-2H3,(H,32,33)/t17-,22+,23+,25-,26-;17-,22+,23-,25-,26-/m11/s1. The molecule has 0 aliphatic carbocycles. The fraction of sp³-hybridized carbons (Fsp3) is 0.481. The Hall–Kier alpha value is -4.34. The van der Waals surface area contributed by atoms with Gasteiger partial charge in [-0.05, 0) is 123 Å². The van der Waals surface area contributed by atoms with Crippen LogP contribution in [0.1, 0.15) is 126 Å². The number of sulfonamides is 2. The van der Waals surface area contributed by atoms with Gasteiger partial charge >= 0.3 is 11.9 Å². The fourth-order valence-electron chi connectivity index (χ4n) is 10.9. The van der Waals surface area contributed by atoms with Gasteiger partial charge in [-0.25, -0.2) is 16.8 Å². The summed E-state index contributed by atoms with van der Waals surface area (Å²) in [5.41, 5.74) is 2.67. The van der Waals surface area contributed by atoms with Crippen LogP contribution in [0.2, 0.25) is 20.1 Å². The zero-order valence-electron chi connectivity index (χ0n) is 42.6. The van der Waals surface area contributed by atoms with Gasteiger partial charge in [-0.15, -0.1) is 0 Å². The maximum absolute atomic E-state index is 13.9. The normalized spacial score (nSPS) is 25.5. The van der Waals surface area contributed by atoms with Crippen molar-refractivity contribution in [1.29, 1.82) is 0 Å². The average Bonchev–Trinajstić information content (AvgIpc) is 4.03. The Morgan fingerprint density at radius 3 is 1.21 bits per heavy atom. The van der Waals surface area contributed by atoms with Crippen molar-refractivity contribution in [2.45, 2.75) is 140 Å². The van der Waals surface area contributed by atoms with Gasteiger partial charge in [-0.3, -0.25) is 19.2 Å². The molecule has 4 aliphatic heterocycles. The van der Waals surface area contributed by atoms with E-state index < -0.39 is 105 Å². The number of nitrogens with zero attached hydrogens (tertiary/aromatic N) is 4. The highest BCUT2D eigenvalue weighted by atomic mass is 35.5. The molecule has 76 heavy (non-hydrogen) atoms. The number of ether oxygens (including phenoxy) is 2. The van der Waals surface area contributed by atoms with Crippen LogP contribution in [-0.4, -0.2) is 130 Å². The summed E-state index contributed by atoms with van der Waals surface area (Å²) in [6, 6.07) is 24.7. The lowest BCUT2D eigenvalue weighted by Gasteiger charge is -2.48. The summed E-state index contributed by atoms with van der Waals surface area (Å²) in [4.78, 5) is 54.3. The Morgan fingerprint density at radius 2 is 0.921 bits per heavy atom. The number of carboxylic acids is 2. The number of amides is 2. The van der Waals surface area contributed by atoms with Crippen LogP contribution < -0.4 is 0 Å². The van der Waals surface area contributed by atoms with E-state index in [0.717, 1.165) is 25.7 Å². The number of morpholine rings is 2. The molecule has 4 aliphatic rings. The third-order valence-corrected chi connectivity index (χ3v) is 19.7. The first kappa shape index (κ1) is 59.3. The minimum atomic E-state index is -3.69. The number of carboxylic acid groups (broad SMARTS) is 2. The molecule has 2 amide bonds. The second kappa shape index (κ2) is 25.6. The number of hydrogen-bond donors (Lipinski definition) is 2. The number of carbonyl (C=O) groups excluding carboxylic acids is 2. The summed E-state index contributed by atoms with van der Waals surface area (Å²) >= 11 is 24.9. The van der Waals surface area contributed by atoms with Crippen LogP contribution in [0.25, 0.3) is 0 Å². The molecule has 4 saturated heterocycles. The van der Waals surface area contributed by atoms with Gasteiger partial charge < -0.3 is 29.5 Å². The summed E-state index contributed by atoms with van der Waals surface area (Å²) in [6.07, 6.45) is -1.41. The monoisotopic (exact) mass is 1160 g/mol. The fourth-order valence-corrected chi connectivity index (χ4v) is 15.8. The number of carbonyl (C=O) groups is 4. The summed E-state index contributed by atoms with van der Waals surface area (Å²) < 4.78 is 69.6. The molecule has 0 spiro atoms. The van der Waals surface area contributed by atoms with Crippen LogP contribution in [0.3, 0.4) is 0 Å². The smallest absolute Gasteiger partial charge is 0.306 e. The van der Waals surface area contributed by atoms with E-state index in [0.29, 0.717) is 68.3 Å². The maximum atomic E-state index is 13.9. The predicted octanol–water partition coefficient (Wildman–Crippen LogP) is 10.1. The molecule has 4 aromatic rings. The molecule has 4 aromatic carbocycles. The molecule has 22 heteroatoms. The molecule has 8 rings (SSSR count). The molecule has 10 atom stereocenters. The highest BCUT2D eigenvalue weighted by Crippen LogP contribution is 2.47. The van der Waals surface area contributed by atoms with Gasteiger partial charge in [0.15, 0.2) is 0 Å². The molecule has 412 valence electrons. The zero-order valence-corrected chi connectivity index (χ0v) is 47.2. The molecule has 0 radical (unpaired) electrons. The van der Waals surface area contributed by atoms with Gasteiger partial charge in [0, 0.05) is 57.3 Å². The molecular formula is C54H64Cl4N4O12S2. The maximum Gasteiger partial charge on any atom is 0.306 e. The average molecular weight is 1170 g/mol. The number of aliphatic carboxylic acids is 2. The topological polar surface area (TPSA) is 208 Å². The van der Waals surface area contributed by atoms with E-state index in [1.807, 2.05) is 27.7 Å². The Morgan fingerprint density at radius 1 is 0.566 bits per heavy atom. The molecule has 2 N–H and O–H groups in total. The Kier molecular flexibility index (Phi) is 20.0. The van der Waals surface area contributed by atoms with Gasteiger partial charge in [0.2, 0.25) is 20.0 Å². The van der Waals surface area contributed by atoms with Crippen molar-refractivity contribution in [2.75, 3.05) is 24.6 Å². The van der Waals surface area contributed by atoms with E-state index in [1.165, 1.54) is 18.4 Å². The molecule has 0 saturated carbocycles. The van der Waals surface area contributed by atoms with E-state index in [2.05, 4.69) is 0 Å². The van der Waals surface area contributed by atoms with Crippen LogP contribution >= 0.6 is 46.4 Å². The minimum absolute atomic E-state index is 0.107. The molecule has 0 aromatic heterocycles. The van der Waals surface area contributed by atoms with Crippen molar-refractivity contribution in [1.82, 2.24) is 18.4 Å². The van der Waals surface area contributed by atoms with E-state index >= 15 is 0 Å². The summed E-state index contributed by atoms with van der Waals surface area (Å²) in [7, 11) is -7.39. The largest absolute Gasteiger partial charge is 0.481 e. The lowest BCUT2D eigenvalue weighted by atomic mass is 9.89. The van der Waals surface area contributed by atoms with E-state index in [1.54, 1.807) is 97.1 Å². The van der Waals surface area contributed by atoms with Gasteiger partial charge in [-0.2, -0.15) is 8.61 Å². The second-order valence-corrected chi connectivity index (χ2v) is 25.4. The summed E-state index contributed by atoms with van der Waals surface area (Å²) in [6.45, 7) is 8.33. The highest BCUT2D eigenvalue weighted by Gasteiger charge is 2.50. The molecule has 0 unspecified atom stereocenters. The first-order valence-corrected chi connectivity index (χ1v) is 30.2. The van der Waals surface area contributed by atoms with Crippen molar-refractivity contribution in [2.24, 2.45) is 0 Å². The third kappa shape index (κ3) is 13.9. The van der Waals surface area contributed by atoms with Gasteiger partial charge in [-0.1, -0.05) is 109 Å². The van der Waals surface area contributed by atoms with E-state index in [9.17, 15) is 46.2 Å². The van der Waals surface area contributed by atoms with Gasteiger partial charge in [0.1, 0.15) is 24.4 Å². The van der Waals surface area contributed by atoms with Crippen LogP contribution in [0.4, 0.5) is 0 Å². The van der Waals surface area contributed by atoms with Crippen molar-refractivity contribution < 1.29 is 55.7 Å². The first-order valence-electron chi connectivity index (χ1n) is 25.4. The van der Waals surface area contributed by atoms with Crippen molar-refractivity contribution in [3.63, 3.8) is 0 Å². The highest BCUT2D eigenvalue weighted by molar-refractivity contribution is 7.89. The number of hydrogen-bond acceptors (Lipinski definition) is 10. The Bertz CT molecular complexity index is 2740. The van der Waals surface area contributed by atoms with Crippen LogP contribution in [0.15, 0.2) is 97.1 Å². The van der Waals surface area contributed by atoms with Gasteiger partial charge in [0.05, 0.1) is 36.4 Å².